The van der Waals surface area contributed by atoms with E-state index < -0.39 is 6.04 Å². The van der Waals surface area contributed by atoms with E-state index in [1.165, 1.54) is 0 Å². The van der Waals surface area contributed by atoms with E-state index >= 15 is 0 Å². The standard InChI is InChI=1S/C16H18N4O/c17-14(16(21)20-9-11-5-6-18-8-11)7-12-10-19-15-4-2-1-3-13(12)15/h1-6,8,10,14,18-19H,7,9,17H2,(H,20,21). The Bertz CT molecular complexity index is 730. The highest BCUT2D eigenvalue weighted by molar-refractivity contribution is 5.86. The lowest BCUT2D eigenvalue weighted by molar-refractivity contribution is -0.122. The molecule has 0 aliphatic rings. The third-order valence-corrected chi connectivity index (χ3v) is 3.58. The van der Waals surface area contributed by atoms with Gasteiger partial charge in [0, 0.05) is 36.0 Å². The maximum atomic E-state index is 12.0. The molecule has 108 valence electrons. The maximum Gasteiger partial charge on any atom is 0.237 e. The first-order valence-electron chi connectivity index (χ1n) is 6.94. The van der Waals surface area contributed by atoms with E-state index in [4.69, 9.17) is 5.73 Å². The number of nitrogens with two attached hydrogens (primary N) is 1. The number of carbonyl (C=O) groups is 1. The molecule has 0 aliphatic heterocycles. The van der Waals surface area contributed by atoms with Gasteiger partial charge in [0.25, 0.3) is 0 Å². The Labute approximate surface area is 122 Å². The molecule has 5 heteroatoms. The lowest BCUT2D eigenvalue weighted by Gasteiger charge is -2.11. The van der Waals surface area contributed by atoms with Crippen LogP contribution in [0, 0.1) is 0 Å². The Kier molecular flexibility index (Phi) is 3.75. The highest BCUT2D eigenvalue weighted by Gasteiger charge is 2.15. The average molecular weight is 282 g/mol. The molecule has 1 aromatic carbocycles. The number of hydrogen-bond donors (Lipinski definition) is 4. The van der Waals surface area contributed by atoms with Gasteiger partial charge in [-0.2, -0.15) is 0 Å². The highest BCUT2D eigenvalue weighted by Crippen LogP contribution is 2.18. The maximum absolute atomic E-state index is 12.0. The first-order valence-corrected chi connectivity index (χ1v) is 6.94. The Hall–Kier alpha value is -2.53. The lowest BCUT2D eigenvalue weighted by Crippen LogP contribution is -2.41. The fourth-order valence-electron chi connectivity index (χ4n) is 2.42. The summed E-state index contributed by atoms with van der Waals surface area (Å²) in [6.45, 7) is 0.490. The summed E-state index contributed by atoms with van der Waals surface area (Å²) in [5.74, 6) is -0.138. The van der Waals surface area contributed by atoms with Crippen LogP contribution in [0.4, 0.5) is 0 Å². The molecule has 0 saturated heterocycles. The third kappa shape index (κ3) is 2.98. The monoisotopic (exact) mass is 282 g/mol. The smallest absolute Gasteiger partial charge is 0.237 e. The van der Waals surface area contributed by atoms with Gasteiger partial charge >= 0.3 is 0 Å². The summed E-state index contributed by atoms with van der Waals surface area (Å²) < 4.78 is 0. The van der Waals surface area contributed by atoms with Crippen LogP contribution >= 0.6 is 0 Å². The molecule has 5 N–H and O–H groups in total. The number of rotatable bonds is 5. The molecular weight excluding hydrogens is 264 g/mol. The van der Waals surface area contributed by atoms with Crippen molar-refractivity contribution in [1.82, 2.24) is 15.3 Å². The van der Waals surface area contributed by atoms with Gasteiger partial charge in [-0.05, 0) is 29.7 Å². The van der Waals surface area contributed by atoms with Crippen molar-refractivity contribution in [2.75, 3.05) is 0 Å². The number of aromatic amines is 2. The number of aromatic nitrogens is 2. The Morgan fingerprint density at radius 3 is 2.90 bits per heavy atom. The Morgan fingerprint density at radius 1 is 1.24 bits per heavy atom. The topological polar surface area (TPSA) is 86.7 Å². The van der Waals surface area contributed by atoms with Gasteiger partial charge < -0.3 is 21.0 Å². The molecule has 3 rings (SSSR count). The molecular formula is C16H18N4O. The molecule has 1 amide bonds. The molecule has 0 radical (unpaired) electrons. The fraction of sp³-hybridized carbons (Fsp3) is 0.188. The van der Waals surface area contributed by atoms with Crippen molar-refractivity contribution in [2.45, 2.75) is 19.0 Å². The minimum Gasteiger partial charge on any atom is -0.367 e. The average Bonchev–Trinajstić information content (AvgIpc) is 3.15. The molecule has 2 aromatic heterocycles. The minimum atomic E-state index is -0.553. The molecule has 0 bridgehead atoms. The van der Waals surface area contributed by atoms with E-state index in [-0.39, 0.29) is 5.91 Å². The van der Waals surface area contributed by atoms with Crippen LogP contribution in [0.15, 0.2) is 48.9 Å². The lowest BCUT2D eigenvalue weighted by atomic mass is 10.1. The van der Waals surface area contributed by atoms with Crippen molar-refractivity contribution in [3.8, 4) is 0 Å². The van der Waals surface area contributed by atoms with Crippen molar-refractivity contribution in [3.63, 3.8) is 0 Å². The molecule has 0 spiro atoms. The first-order chi connectivity index (χ1) is 10.2. The first kappa shape index (κ1) is 13.5. The summed E-state index contributed by atoms with van der Waals surface area (Å²) in [6, 6.07) is 9.37. The predicted octanol–water partition coefficient (Wildman–Crippen LogP) is 1.68. The molecule has 1 atom stereocenters. The molecule has 0 saturated carbocycles. The second-order valence-electron chi connectivity index (χ2n) is 5.11. The van der Waals surface area contributed by atoms with Gasteiger partial charge in [0.05, 0.1) is 6.04 Å². The number of hydrogen-bond acceptors (Lipinski definition) is 2. The largest absolute Gasteiger partial charge is 0.367 e. The van der Waals surface area contributed by atoms with E-state index in [1.54, 1.807) is 0 Å². The van der Waals surface area contributed by atoms with E-state index in [0.717, 1.165) is 22.0 Å². The molecule has 0 aliphatic carbocycles. The van der Waals surface area contributed by atoms with Crippen LogP contribution in [0.3, 0.4) is 0 Å². The SMILES string of the molecule is NC(Cc1c[nH]c2ccccc12)C(=O)NCc1cc[nH]c1. The second-order valence-corrected chi connectivity index (χ2v) is 5.11. The van der Waals surface area contributed by atoms with Gasteiger partial charge in [0.1, 0.15) is 0 Å². The zero-order chi connectivity index (χ0) is 14.7. The van der Waals surface area contributed by atoms with Crippen molar-refractivity contribution >= 4 is 16.8 Å². The van der Waals surface area contributed by atoms with E-state index in [2.05, 4.69) is 15.3 Å². The van der Waals surface area contributed by atoms with Crippen LogP contribution in [-0.4, -0.2) is 21.9 Å². The van der Waals surface area contributed by atoms with Crippen molar-refractivity contribution in [2.24, 2.45) is 5.73 Å². The number of H-pyrrole nitrogens is 2. The van der Waals surface area contributed by atoms with Gasteiger partial charge in [-0.1, -0.05) is 18.2 Å². The van der Waals surface area contributed by atoms with Crippen LogP contribution in [0.1, 0.15) is 11.1 Å². The summed E-state index contributed by atoms with van der Waals surface area (Å²) >= 11 is 0. The quantitative estimate of drug-likeness (QED) is 0.574. The fourth-order valence-corrected chi connectivity index (χ4v) is 2.42. The number of nitrogens with one attached hydrogen (secondary N) is 3. The number of benzene rings is 1. The van der Waals surface area contributed by atoms with Gasteiger partial charge in [-0.3, -0.25) is 4.79 Å². The number of amides is 1. The molecule has 1 unspecified atom stereocenters. The van der Waals surface area contributed by atoms with Crippen LogP contribution in [0.5, 0.6) is 0 Å². The second kappa shape index (κ2) is 5.85. The van der Waals surface area contributed by atoms with Gasteiger partial charge in [-0.15, -0.1) is 0 Å². The van der Waals surface area contributed by atoms with Crippen molar-refractivity contribution in [3.05, 3.63) is 60.0 Å². The zero-order valence-corrected chi connectivity index (χ0v) is 11.6. The molecule has 3 aromatic rings. The summed E-state index contributed by atoms with van der Waals surface area (Å²) in [5, 5.41) is 3.97. The highest BCUT2D eigenvalue weighted by atomic mass is 16.2. The summed E-state index contributed by atoms with van der Waals surface area (Å²) in [5.41, 5.74) is 9.16. The summed E-state index contributed by atoms with van der Waals surface area (Å²) in [7, 11) is 0. The molecule has 5 nitrogen and oxygen atoms in total. The van der Waals surface area contributed by atoms with Gasteiger partial charge in [-0.25, -0.2) is 0 Å². The van der Waals surface area contributed by atoms with Crippen molar-refractivity contribution < 1.29 is 4.79 Å². The van der Waals surface area contributed by atoms with Crippen LogP contribution in [-0.2, 0) is 17.8 Å². The predicted molar refractivity (Wildman–Crippen MR) is 82.6 cm³/mol. The van der Waals surface area contributed by atoms with Crippen LogP contribution < -0.4 is 11.1 Å². The molecule has 2 heterocycles. The number of fused-ring (bicyclic) bond motifs is 1. The zero-order valence-electron chi connectivity index (χ0n) is 11.6. The molecule has 21 heavy (non-hydrogen) atoms. The van der Waals surface area contributed by atoms with Crippen LogP contribution in [0.25, 0.3) is 10.9 Å². The number of para-hydroxylation sites is 1. The van der Waals surface area contributed by atoms with Gasteiger partial charge in [0.2, 0.25) is 5.91 Å². The van der Waals surface area contributed by atoms with E-state index in [9.17, 15) is 4.79 Å². The van der Waals surface area contributed by atoms with Crippen LogP contribution in [0.2, 0.25) is 0 Å². The number of carbonyl (C=O) groups excluding carboxylic acids is 1. The summed E-state index contributed by atoms with van der Waals surface area (Å²) in [6.07, 6.45) is 6.12. The van der Waals surface area contributed by atoms with Crippen molar-refractivity contribution in [1.29, 1.82) is 0 Å². The normalized spacial score (nSPS) is 12.4. The Morgan fingerprint density at radius 2 is 2.10 bits per heavy atom. The Balaban J connectivity index is 1.62. The molecule has 0 fully saturated rings. The van der Waals surface area contributed by atoms with E-state index in [0.29, 0.717) is 13.0 Å². The van der Waals surface area contributed by atoms with E-state index in [1.807, 2.05) is 48.9 Å². The third-order valence-electron chi connectivity index (χ3n) is 3.58. The van der Waals surface area contributed by atoms with Gasteiger partial charge in [0.15, 0.2) is 0 Å². The minimum absolute atomic E-state index is 0.138. The summed E-state index contributed by atoms with van der Waals surface area (Å²) in [4.78, 5) is 18.2.